The lowest BCUT2D eigenvalue weighted by molar-refractivity contribution is 0.0832. The molecule has 92 valence electrons. The Balaban J connectivity index is 2.42. The molecule has 1 aromatic rings. The third-order valence-electron chi connectivity index (χ3n) is 1.81. The number of nitrogens with one attached hydrogen (secondary N) is 1. The Hall–Kier alpha value is -1.91. The Morgan fingerprint density at radius 3 is 2.41 bits per heavy atom. The van der Waals surface area contributed by atoms with E-state index in [2.05, 4.69) is 10.3 Å². The summed E-state index contributed by atoms with van der Waals surface area (Å²) < 4.78 is 4.81. The van der Waals surface area contributed by atoms with Crippen molar-refractivity contribution in [3.05, 3.63) is 30.1 Å². The summed E-state index contributed by atoms with van der Waals surface area (Å²) in [5.41, 5.74) is 0.0973. The summed E-state index contributed by atoms with van der Waals surface area (Å²) in [4.78, 5) is 26.7. The fourth-order valence-corrected chi connectivity index (χ4v) is 1.09. The van der Waals surface area contributed by atoms with Gasteiger partial charge in [-0.1, -0.05) is 0 Å². The number of hydrogen-bond donors (Lipinski definition) is 1. The summed E-state index contributed by atoms with van der Waals surface area (Å²) in [7, 11) is 0. The second kappa shape index (κ2) is 5.43. The summed E-state index contributed by atoms with van der Waals surface area (Å²) in [5, 5.41) is 2.60. The number of Topliss-reactive ketones (excluding diaryl/α,β-unsaturated/α-hetero) is 1. The van der Waals surface area contributed by atoms with Crippen LogP contribution in [0.3, 0.4) is 0 Å². The second-order valence-corrected chi connectivity index (χ2v) is 4.61. The van der Waals surface area contributed by atoms with E-state index in [4.69, 9.17) is 4.74 Å². The van der Waals surface area contributed by atoms with Crippen molar-refractivity contribution in [1.82, 2.24) is 10.3 Å². The van der Waals surface area contributed by atoms with E-state index in [0.717, 1.165) is 0 Å². The number of pyridine rings is 1. The van der Waals surface area contributed by atoms with Gasteiger partial charge in [-0.2, -0.15) is 0 Å². The molecule has 5 heteroatoms. The highest BCUT2D eigenvalue weighted by atomic mass is 16.6. The highest BCUT2D eigenvalue weighted by Gasteiger charge is 2.16. The Kier molecular flexibility index (Phi) is 4.20. The van der Waals surface area contributed by atoms with Crippen molar-refractivity contribution in [2.24, 2.45) is 0 Å². The first-order valence-corrected chi connectivity index (χ1v) is 5.27. The van der Waals surface area contributed by atoms with Gasteiger partial charge in [0.1, 0.15) is 0 Å². The molecule has 1 rings (SSSR count). The van der Waals surface area contributed by atoms with Gasteiger partial charge in [0, 0.05) is 23.5 Å². The van der Waals surface area contributed by atoms with E-state index < -0.39 is 6.09 Å². The number of ketones is 1. The maximum atomic E-state index is 11.6. The summed E-state index contributed by atoms with van der Waals surface area (Å²) in [6.45, 7) is 5.22. The number of alkyl carbamates (subject to hydrolysis) is 1. The molecule has 0 atom stereocenters. The Morgan fingerprint density at radius 1 is 1.29 bits per heavy atom. The maximum Gasteiger partial charge on any atom is 0.407 e. The van der Waals surface area contributed by atoms with E-state index in [1.165, 1.54) is 12.4 Å². The molecule has 0 fully saturated rings. The van der Waals surface area contributed by atoms with Gasteiger partial charge in [0.15, 0.2) is 6.61 Å². The molecule has 0 spiro atoms. The number of rotatable bonds is 3. The smallest absolute Gasteiger partial charge is 0.407 e. The molecule has 0 unspecified atom stereocenters. The van der Waals surface area contributed by atoms with Gasteiger partial charge in [-0.05, 0) is 32.9 Å². The van der Waals surface area contributed by atoms with Gasteiger partial charge in [-0.25, -0.2) is 4.79 Å². The Bertz CT molecular complexity index is 396. The first-order valence-electron chi connectivity index (χ1n) is 5.27. The Morgan fingerprint density at radius 2 is 1.88 bits per heavy atom. The molecule has 0 saturated heterocycles. The average molecular weight is 236 g/mol. The molecule has 0 aliphatic rings. The number of carbonyl (C=O) groups is 2. The lowest BCUT2D eigenvalue weighted by atomic mass is 10.1. The molecule has 1 N–H and O–H groups in total. The first kappa shape index (κ1) is 13.2. The average Bonchev–Trinajstić information content (AvgIpc) is 2.25. The Labute approximate surface area is 100 Å². The molecular weight excluding hydrogens is 220 g/mol. The number of carbonyl (C=O) groups excluding carboxylic acids is 2. The quantitative estimate of drug-likeness (QED) is 0.812. The van der Waals surface area contributed by atoms with Crippen molar-refractivity contribution in [2.45, 2.75) is 26.3 Å². The summed E-state index contributed by atoms with van der Waals surface area (Å²) in [6, 6.07) is 3.15. The monoisotopic (exact) mass is 236 g/mol. The number of aromatic nitrogens is 1. The minimum absolute atomic E-state index is 0.253. The van der Waals surface area contributed by atoms with Crippen LogP contribution in [0.15, 0.2) is 24.5 Å². The molecule has 0 radical (unpaired) electrons. The highest BCUT2D eigenvalue weighted by Crippen LogP contribution is 2.01. The molecule has 1 heterocycles. The molecule has 5 nitrogen and oxygen atoms in total. The molecular formula is C12H16N2O3. The van der Waals surface area contributed by atoms with Crippen LogP contribution in [-0.4, -0.2) is 29.0 Å². The van der Waals surface area contributed by atoms with Gasteiger partial charge in [-0.3, -0.25) is 9.78 Å². The minimum Gasteiger partial charge on any atom is -0.441 e. The number of nitrogens with zero attached hydrogens (tertiary/aromatic N) is 1. The van der Waals surface area contributed by atoms with Gasteiger partial charge >= 0.3 is 6.09 Å². The van der Waals surface area contributed by atoms with Gasteiger partial charge in [0.05, 0.1) is 0 Å². The zero-order valence-corrected chi connectivity index (χ0v) is 10.2. The minimum atomic E-state index is -0.597. The molecule has 0 saturated carbocycles. The fourth-order valence-electron chi connectivity index (χ4n) is 1.09. The van der Waals surface area contributed by atoms with Crippen LogP contribution in [0.4, 0.5) is 4.79 Å². The first-order chi connectivity index (χ1) is 7.88. The van der Waals surface area contributed by atoms with E-state index in [0.29, 0.717) is 5.56 Å². The third kappa shape index (κ3) is 5.10. The predicted molar refractivity (Wildman–Crippen MR) is 62.8 cm³/mol. The van der Waals surface area contributed by atoms with E-state index in [-0.39, 0.29) is 17.9 Å². The maximum absolute atomic E-state index is 11.6. The number of ether oxygens (including phenoxy) is 1. The molecule has 0 aliphatic heterocycles. The van der Waals surface area contributed by atoms with Gasteiger partial charge in [-0.15, -0.1) is 0 Å². The van der Waals surface area contributed by atoms with Crippen molar-refractivity contribution in [3.8, 4) is 0 Å². The topological polar surface area (TPSA) is 68.3 Å². The van der Waals surface area contributed by atoms with Crippen molar-refractivity contribution in [2.75, 3.05) is 6.61 Å². The van der Waals surface area contributed by atoms with Crippen molar-refractivity contribution in [3.63, 3.8) is 0 Å². The lowest BCUT2D eigenvalue weighted by Gasteiger charge is -2.19. The van der Waals surface area contributed by atoms with Crippen molar-refractivity contribution >= 4 is 11.9 Å². The van der Waals surface area contributed by atoms with E-state index >= 15 is 0 Å². The molecule has 17 heavy (non-hydrogen) atoms. The predicted octanol–water partition coefficient (Wildman–Crippen LogP) is 1.79. The van der Waals surface area contributed by atoms with Gasteiger partial charge in [0.25, 0.3) is 0 Å². The second-order valence-electron chi connectivity index (χ2n) is 4.61. The van der Waals surface area contributed by atoms with E-state index in [1.807, 2.05) is 20.8 Å². The van der Waals surface area contributed by atoms with Crippen LogP contribution in [0.1, 0.15) is 31.1 Å². The molecule has 0 aliphatic carbocycles. The summed E-state index contributed by atoms with van der Waals surface area (Å²) >= 11 is 0. The van der Waals surface area contributed by atoms with Crippen LogP contribution >= 0.6 is 0 Å². The van der Waals surface area contributed by atoms with E-state index in [9.17, 15) is 9.59 Å². The SMILES string of the molecule is CC(C)(C)NC(=O)OCC(=O)c1ccncc1. The summed E-state index contributed by atoms with van der Waals surface area (Å²) in [6.07, 6.45) is 2.44. The van der Waals surface area contributed by atoms with Crippen LogP contribution in [0.2, 0.25) is 0 Å². The molecule has 1 aromatic heterocycles. The van der Waals surface area contributed by atoms with Crippen LogP contribution in [-0.2, 0) is 4.74 Å². The zero-order chi connectivity index (χ0) is 12.9. The molecule has 0 bridgehead atoms. The van der Waals surface area contributed by atoms with Crippen LogP contribution < -0.4 is 5.32 Å². The van der Waals surface area contributed by atoms with Crippen LogP contribution in [0, 0.1) is 0 Å². The van der Waals surface area contributed by atoms with Gasteiger partial charge in [0.2, 0.25) is 5.78 Å². The standard InChI is InChI=1S/C12H16N2O3/c1-12(2,3)14-11(16)17-8-10(15)9-4-6-13-7-5-9/h4-7H,8H2,1-3H3,(H,14,16). The van der Waals surface area contributed by atoms with Gasteiger partial charge < -0.3 is 10.1 Å². The molecule has 0 aromatic carbocycles. The van der Waals surface area contributed by atoms with E-state index in [1.54, 1.807) is 12.1 Å². The zero-order valence-electron chi connectivity index (χ0n) is 10.2. The highest BCUT2D eigenvalue weighted by molar-refractivity contribution is 5.97. The van der Waals surface area contributed by atoms with Crippen molar-refractivity contribution < 1.29 is 14.3 Å². The number of amides is 1. The molecule has 1 amide bonds. The lowest BCUT2D eigenvalue weighted by Crippen LogP contribution is -2.41. The van der Waals surface area contributed by atoms with Crippen LogP contribution in [0.5, 0.6) is 0 Å². The number of hydrogen-bond acceptors (Lipinski definition) is 4. The normalized spacial score (nSPS) is 10.8. The summed E-state index contributed by atoms with van der Waals surface area (Å²) in [5.74, 6) is -0.253. The van der Waals surface area contributed by atoms with Crippen LogP contribution in [0.25, 0.3) is 0 Å². The fraction of sp³-hybridized carbons (Fsp3) is 0.417. The largest absolute Gasteiger partial charge is 0.441 e. The third-order valence-corrected chi connectivity index (χ3v) is 1.81. The van der Waals surface area contributed by atoms with Crippen molar-refractivity contribution in [1.29, 1.82) is 0 Å².